The van der Waals surface area contributed by atoms with Crippen LogP contribution in [-0.4, -0.2) is 87.1 Å². The van der Waals surface area contributed by atoms with Crippen molar-refractivity contribution in [3.63, 3.8) is 0 Å². The number of aliphatic hydroxyl groups excluding tert-OH is 1. The van der Waals surface area contributed by atoms with Gasteiger partial charge in [-0.2, -0.15) is 15.4 Å². The molecule has 178 valence electrons. The molecular formula is C23H26N6O5. The van der Waals surface area contributed by atoms with Crippen LogP contribution in [0.2, 0.25) is 0 Å². The molecule has 0 radical (unpaired) electrons. The number of aliphatic hydroxyl groups is 1. The van der Waals surface area contributed by atoms with Gasteiger partial charge in [0.25, 0.3) is 5.91 Å². The molecule has 1 atom stereocenters. The lowest BCUT2D eigenvalue weighted by atomic mass is 10.1. The smallest absolute Gasteiger partial charge is 0.410 e. The maximum Gasteiger partial charge on any atom is 0.410 e. The lowest BCUT2D eigenvalue weighted by Gasteiger charge is -2.26. The third-order valence-corrected chi connectivity index (χ3v) is 5.64. The summed E-state index contributed by atoms with van der Waals surface area (Å²) in [5.74, 6) is -0.906. The number of fused-ring (bicyclic) bond motifs is 1. The fourth-order valence-electron chi connectivity index (χ4n) is 3.76. The van der Waals surface area contributed by atoms with Gasteiger partial charge >= 0.3 is 6.09 Å². The number of carbonyl (C=O) groups excluding carboxylic acids is 3. The maximum atomic E-state index is 13.0. The Morgan fingerprint density at radius 2 is 1.74 bits per heavy atom. The Bertz CT molecular complexity index is 1150. The van der Waals surface area contributed by atoms with E-state index in [4.69, 9.17) is 4.74 Å². The Balaban J connectivity index is 1.31. The Hall–Kier alpha value is -3.99. The Morgan fingerprint density at radius 1 is 1.00 bits per heavy atom. The lowest BCUT2D eigenvalue weighted by molar-refractivity contribution is -0.134. The summed E-state index contributed by atoms with van der Waals surface area (Å²) in [5, 5.41) is 22.7. The van der Waals surface area contributed by atoms with Gasteiger partial charge in [-0.3, -0.25) is 9.59 Å². The van der Waals surface area contributed by atoms with Crippen LogP contribution in [0.5, 0.6) is 0 Å². The van der Waals surface area contributed by atoms with Gasteiger partial charge in [0.05, 0.1) is 6.61 Å². The Morgan fingerprint density at radius 3 is 2.53 bits per heavy atom. The third-order valence-electron chi connectivity index (χ3n) is 5.64. The number of hydrogen-bond donors (Lipinski definition) is 3. The molecule has 0 aliphatic carbocycles. The molecule has 3 aromatic rings. The molecule has 1 aliphatic heterocycles. The molecule has 2 heterocycles. The summed E-state index contributed by atoms with van der Waals surface area (Å²) in [6, 6.07) is 13.1. The topological polar surface area (TPSA) is 141 Å². The zero-order valence-electron chi connectivity index (χ0n) is 18.5. The average Bonchev–Trinajstić information content (AvgIpc) is 3.20. The molecule has 3 amide bonds. The second kappa shape index (κ2) is 10.8. The van der Waals surface area contributed by atoms with Gasteiger partial charge in [-0.15, -0.1) is 0 Å². The van der Waals surface area contributed by atoms with Gasteiger partial charge in [0.1, 0.15) is 23.7 Å². The molecule has 11 nitrogen and oxygen atoms in total. The standard InChI is InChI=1S/C23H26N6O5/c30-14-20(24-21(31)17-7-8-18-19(13-17)26-27-25-18)22(32)28-9-4-10-29(12-11-28)23(33)34-15-16-5-2-1-3-6-16/h1-3,5-8,13,20,30H,4,9-12,14-15H2,(H,24,31)(H,25,26,27)/t20-/m0/s1. The van der Waals surface area contributed by atoms with Crippen molar-refractivity contribution in [2.24, 2.45) is 0 Å². The van der Waals surface area contributed by atoms with Crippen molar-refractivity contribution in [2.45, 2.75) is 19.1 Å². The summed E-state index contributed by atoms with van der Waals surface area (Å²) in [4.78, 5) is 41.2. The van der Waals surface area contributed by atoms with Crippen LogP contribution >= 0.6 is 0 Å². The summed E-state index contributed by atoms with van der Waals surface area (Å²) in [6.07, 6.45) is 0.120. The van der Waals surface area contributed by atoms with Crippen LogP contribution in [0.1, 0.15) is 22.3 Å². The summed E-state index contributed by atoms with van der Waals surface area (Å²) < 4.78 is 5.39. The monoisotopic (exact) mass is 466 g/mol. The van der Waals surface area contributed by atoms with Gasteiger partial charge in [0.15, 0.2) is 0 Å². The summed E-state index contributed by atoms with van der Waals surface area (Å²) in [5.41, 5.74) is 2.33. The molecule has 1 aromatic heterocycles. The number of nitrogens with zero attached hydrogens (tertiary/aromatic N) is 4. The number of benzene rings is 2. The molecule has 34 heavy (non-hydrogen) atoms. The van der Waals surface area contributed by atoms with Crippen LogP contribution in [0.4, 0.5) is 4.79 Å². The first-order valence-electron chi connectivity index (χ1n) is 11.0. The van der Waals surface area contributed by atoms with Crippen LogP contribution in [0, 0.1) is 0 Å². The second-order valence-electron chi connectivity index (χ2n) is 7.94. The van der Waals surface area contributed by atoms with Crippen molar-refractivity contribution >= 4 is 28.9 Å². The normalized spacial score (nSPS) is 15.0. The van der Waals surface area contributed by atoms with Gasteiger partial charge in [-0.25, -0.2) is 4.79 Å². The lowest BCUT2D eigenvalue weighted by Crippen LogP contribution is -2.51. The largest absolute Gasteiger partial charge is 0.445 e. The first-order chi connectivity index (χ1) is 16.5. The van der Waals surface area contributed by atoms with Crippen molar-refractivity contribution < 1.29 is 24.2 Å². The SMILES string of the molecule is O=C(N[C@@H](CO)C(=O)N1CCCN(C(=O)OCc2ccccc2)CC1)c1ccc2n[nH]nc2c1. The molecule has 0 saturated carbocycles. The first-order valence-corrected chi connectivity index (χ1v) is 11.0. The first kappa shape index (κ1) is 23.2. The molecule has 0 spiro atoms. The molecule has 1 saturated heterocycles. The Kier molecular flexibility index (Phi) is 7.33. The summed E-state index contributed by atoms with van der Waals surface area (Å²) in [6.45, 7) is 1.06. The van der Waals surface area contributed by atoms with E-state index in [-0.39, 0.29) is 13.2 Å². The highest BCUT2D eigenvalue weighted by Crippen LogP contribution is 2.12. The van der Waals surface area contributed by atoms with E-state index in [0.717, 1.165) is 5.56 Å². The molecule has 1 fully saturated rings. The van der Waals surface area contributed by atoms with Crippen LogP contribution in [-0.2, 0) is 16.1 Å². The fraction of sp³-hybridized carbons (Fsp3) is 0.348. The maximum absolute atomic E-state index is 13.0. The number of amides is 3. The van der Waals surface area contributed by atoms with Crippen LogP contribution < -0.4 is 5.32 Å². The van der Waals surface area contributed by atoms with E-state index in [1.165, 1.54) is 0 Å². The highest BCUT2D eigenvalue weighted by Gasteiger charge is 2.29. The minimum Gasteiger partial charge on any atom is -0.445 e. The second-order valence-corrected chi connectivity index (χ2v) is 7.94. The molecule has 11 heteroatoms. The van der Waals surface area contributed by atoms with Crippen molar-refractivity contribution in [3.05, 3.63) is 59.7 Å². The van der Waals surface area contributed by atoms with Crippen molar-refractivity contribution in [1.29, 1.82) is 0 Å². The molecule has 2 aromatic carbocycles. The van der Waals surface area contributed by atoms with Crippen LogP contribution in [0.15, 0.2) is 48.5 Å². The minimum absolute atomic E-state index is 0.178. The van der Waals surface area contributed by atoms with Gasteiger partial charge < -0.3 is 25.0 Å². The number of hydrogen-bond acceptors (Lipinski definition) is 7. The van der Waals surface area contributed by atoms with Crippen molar-refractivity contribution in [1.82, 2.24) is 30.5 Å². The zero-order valence-corrected chi connectivity index (χ0v) is 18.5. The fourth-order valence-corrected chi connectivity index (χ4v) is 3.76. The molecular weight excluding hydrogens is 440 g/mol. The van der Waals surface area contributed by atoms with Crippen LogP contribution in [0.25, 0.3) is 11.0 Å². The number of aromatic nitrogens is 3. The third kappa shape index (κ3) is 5.49. The van der Waals surface area contributed by atoms with Crippen LogP contribution in [0.3, 0.4) is 0 Å². The van der Waals surface area contributed by atoms with E-state index >= 15 is 0 Å². The molecule has 3 N–H and O–H groups in total. The number of aromatic amines is 1. The van der Waals surface area contributed by atoms with E-state index in [1.54, 1.807) is 28.0 Å². The van der Waals surface area contributed by atoms with E-state index in [1.807, 2.05) is 30.3 Å². The van der Waals surface area contributed by atoms with Gasteiger partial charge in [0.2, 0.25) is 5.91 Å². The van der Waals surface area contributed by atoms with Gasteiger partial charge in [-0.05, 0) is 30.2 Å². The van der Waals surface area contributed by atoms with E-state index in [0.29, 0.717) is 42.7 Å². The number of ether oxygens (including phenoxy) is 1. The Labute approximate surface area is 195 Å². The number of H-pyrrole nitrogens is 1. The van der Waals surface area contributed by atoms with Crippen molar-refractivity contribution in [3.8, 4) is 0 Å². The highest BCUT2D eigenvalue weighted by atomic mass is 16.6. The highest BCUT2D eigenvalue weighted by molar-refractivity contribution is 5.99. The predicted molar refractivity (Wildman–Crippen MR) is 122 cm³/mol. The van der Waals surface area contributed by atoms with Crippen molar-refractivity contribution in [2.75, 3.05) is 32.8 Å². The number of nitrogens with one attached hydrogen (secondary N) is 2. The zero-order chi connectivity index (χ0) is 23.9. The average molecular weight is 466 g/mol. The molecule has 4 rings (SSSR count). The summed E-state index contributed by atoms with van der Waals surface area (Å²) >= 11 is 0. The molecule has 1 aliphatic rings. The van der Waals surface area contributed by atoms with E-state index < -0.39 is 30.6 Å². The quantitative estimate of drug-likeness (QED) is 0.491. The van der Waals surface area contributed by atoms with E-state index in [2.05, 4.69) is 20.7 Å². The molecule has 0 unspecified atom stereocenters. The minimum atomic E-state index is -1.10. The number of rotatable bonds is 6. The molecule has 0 bridgehead atoms. The predicted octanol–water partition coefficient (Wildman–Crippen LogP) is 0.920. The van der Waals surface area contributed by atoms with E-state index in [9.17, 15) is 19.5 Å². The van der Waals surface area contributed by atoms with Gasteiger partial charge in [-0.1, -0.05) is 30.3 Å². The summed E-state index contributed by atoms with van der Waals surface area (Å²) in [7, 11) is 0. The van der Waals surface area contributed by atoms with Gasteiger partial charge in [0, 0.05) is 31.7 Å². The number of carbonyl (C=O) groups is 3.